The average Bonchev–Trinajstić information content (AvgIpc) is 3.09. The van der Waals surface area contributed by atoms with E-state index in [9.17, 15) is 23.3 Å². The molecule has 0 aromatic heterocycles. The number of para-hydroxylation sites is 2. The zero-order chi connectivity index (χ0) is 21.7. The largest absolute Gasteiger partial charge is 0.497 e. The summed E-state index contributed by atoms with van der Waals surface area (Å²) in [5, 5.41) is 11.1. The molecule has 2 aromatic carbocycles. The van der Waals surface area contributed by atoms with Crippen molar-refractivity contribution in [1.29, 1.82) is 0 Å². The molecule has 1 saturated heterocycles. The molecule has 0 bridgehead atoms. The van der Waals surface area contributed by atoms with Crippen LogP contribution in [0.2, 0.25) is 0 Å². The second-order valence-electron chi connectivity index (χ2n) is 6.94. The van der Waals surface area contributed by atoms with Crippen molar-refractivity contribution in [2.75, 3.05) is 25.2 Å². The van der Waals surface area contributed by atoms with Gasteiger partial charge < -0.3 is 14.4 Å². The van der Waals surface area contributed by atoms with Crippen LogP contribution >= 0.6 is 0 Å². The van der Waals surface area contributed by atoms with E-state index < -0.39 is 33.3 Å². The first-order chi connectivity index (χ1) is 14.3. The van der Waals surface area contributed by atoms with Crippen molar-refractivity contribution < 1.29 is 27.6 Å². The summed E-state index contributed by atoms with van der Waals surface area (Å²) in [6, 6.07) is 12.4. The SMILES string of the molecule is COc1cccc(CN(C(=O)COc2ccccc2[N+](=O)[O-])[C@@H]2CCS(=O)(=O)C2)c1. The van der Waals surface area contributed by atoms with Crippen LogP contribution in [0.15, 0.2) is 48.5 Å². The standard InChI is InChI=1S/C20H22N2O7S/c1-28-17-6-4-5-15(11-17)12-21(16-9-10-30(26,27)14-16)20(23)13-29-19-8-3-2-7-18(19)22(24)25/h2-8,11,16H,9-10,12-14H2,1H3/t16-/m1/s1. The van der Waals surface area contributed by atoms with Crippen LogP contribution in [0.4, 0.5) is 5.69 Å². The molecule has 30 heavy (non-hydrogen) atoms. The summed E-state index contributed by atoms with van der Waals surface area (Å²) in [6.45, 7) is -0.262. The zero-order valence-corrected chi connectivity index (χ0v) is 17.2. The first-order valence-electron chi connectivity index (χ1n) is 9.28. The number of ether oxygens (including phenoxy) is 2. The maximum Gasteiger partial charge on any atom is 0.310 e. The van der Waals surface area contributed by atoms with Gasteiger partial charge in [-0.05, 0) is 30.2 Å². The fraction of sp³-hybridized carbons (Fsp3) is 0.350. The topological polar surface area (TPSA) is 116 Å². The minimum absolute atomic E-state index is 0.0174. The Morgan fingerprint density at radius 1 is 1.23 bits per heavy atom. The van der Waals surface area contributed by atoms with Gasteiger partial charge in [-0.3, -0.25) is 14.9 Å². The summed E-state index contributed by atoms with van der Waals surface area (Å²) in [5.74, 6) is 0.0584. The predicted molar refractivity (Wildman–Crippen MR) is 109 cm³/mol. The zero-order valence-electron chi connectivity index (χ0n) is 16.4. The molecule has 1 heterocycles. The van der Waals surface area contributed by atoms with E-state index in [4.69, 9.17) is 9.47 Å². The van der Waals surface area contributed by atoms with E-state index in [2.05, 4.69) is 0 Å². The van der Waals surface area contributed by atoms with Crippen LogP contribution in [0, 0.1) is 10.1 Å². The van der Waals surface area contributed by atoms with Gasteiger partial charge >= 0.3 is 5.69 Å². The fourth-order valence-corrected chi connectivity index (χ4v) is 5.09. The number of carbonyl (C=O) groups is 1. The molecule has 9 nitrogen and oxygen atoms in total. The molecule has 0 N–H and O–H groups in total. The third kappa shape index (κ3) is 5.26. The van der Waals surface area contributed by atoms with Crippen molar-refractivity contribution in [2.24, 2.45) is 0 Å². The highest BCUT2D eigenvalue weighted by molar-refractivity contribution is 7.91. The molecule has 1 atom stereocenters. The average molecular weight is 434 g/mol. The van der Waals surface area contributed by atoms with Gasteiger partial charge in [-0.25, -0.2) is 8.42 Å². The van der Waals surface area contributed by atoms with E-state index in [1.165, 1.54) is 30.2 Å². The highest BCUT2D eigenvalue weighted by Gasteiger charge is 2.35. The Kier molecular flexibility index (Phi) is 6.56. The molecule has 3 rings (SSSR count). The van der Waals surface area contributed by atoms with E-state index in [0.29, 0.717) is 12.2 Å². The van der Waals surface area contributed by atoms with Gasteiger partial charge in [0.25, 0.3) is 5.91 Å². The molecule has 2 aromatic rings. The van der Waals surface area contributed by atoms with Gasteiger partial charge in [-0.1, -0.05) is 24.3 Å². The van der Waals surface area contributed by atoms with Crippen molar-refractivity contribution in [2.45, 2.75) is 19.0 Å². The number of rotatable bonds is 8. The second-order valence-corrected chi connectivity index (χ2v) is 9.17. The summed E-state index contributed by atoms with van der Waals surface area (Å²) in [5.41, 5.74) is 0.533. The molecule has 0 saturated carbocycles. The molecule has 1 aliphatic heterocycles. The highest BCUT2D eigenvalue weighted by Crippen LogP contribution is 2.27. The highest BCUT2D eigenvalue weighted by atomic mass is 32.2. The Bertz CT molecular complexity index is 1040. The maximum absolute atomic E-state index is 13.0. The lowest BCUT2D eigenvalue weighted by Gasteiger charge is -2.28. The molecular weight excluding hydrogens is 412 g/mol. The number of nitrogens with zero attached hydrogens (tertiary/aromatic N) is 2. The monoisotopic (exact) mass is 434 g/mol. The fourth-order valence-electron chi connectivity index (χ4n) is 3.36. The Morgan fingerprint density at radius 2 is 2.00 bits per heavy atom. The first-order valence-corrected chi connectivity index (χ1v) is 11.1. The van der Waals surface area contributed by atoms with Gasteiger partial charge in [-0.15, -0.1) is 0 Å². The van der Waals surface area contributed by atoms with Crippen LogP contribution in [0.25, 0.3) is 0 Å². The van der Waals surface area contributed by atoms with Gasteiger partial charge in [0.15, 0.2) is 22.2 Å². The van der Waals surface area contributed by atoms with E-state index in [1.54, 1.807) is 24.3 Å². The van der Waals surface area contributed by atoms with Crippen molar-refractivity contribution in [1.82, 2.24) is 4.90 Å². The summed E-state index contributed by atoms with van der Waals surface area (Å²) >= 11 is 0. The molecule has 160 valence electrons. The minimum Gasteiger partial charge on any atom is -0.497 e. The quantitative estimate of drug-likeness (QED) is 0.462. The Labute approximate surface area is 174 Å². The minimum atomic E-state index is -3.21. The molecule has 1 amide bonds. The van der Waals surface area contributed by atoms with E-state index >= 15 is 0 Å². The Hall–Kier alpha value is -3.14. The Balaban J connectivity index is 1.79. The Morgan fingerprint density at radius 3 is 2.67 bits per heavy atom. The van der Waals surface area contributed by atoms with Gasteiger partial charge in [-0.2, -0.15) is 0 Å². The molecular formula is C20H22N2O7S. The molecule has 0 spiro atoms. The number of benzene rings is 2. The lowest BCUT2D eigenvalue weighted by Crippen LogP contribution is -2.43. The summed E-state index contributed by atoms with van der Waals surface area (Å²) < 4.78 is 34.5. The van der Waals surface area contributed by atoms with Crippen LogP contribution in [0.1, 0.15) is 12.0 Å². The van der Waals surface area contributed by atoms with Crippen molar-refractivity contribution in [3.63, 3.8) is 0 Å². The number of hydrogen-bond donors (Lipinski definition) is 0. The van der Waals surface area contributed by atoms with Gasteiger partial charge in [0, 0.05) is 18.7 Å². The molecule has 0 radical (unpaired) electrons. The molecule has 10 heteroatoms. The molecule has 0 aliphatic carbocycles. The molecule has 1 aliphatic rings. The molecule has 0 unspecified atom stereocenters. The number of nitro benzene ring substituents is 1. The second kappa shape index (κ2) is 9.12. The predicted octanol–water partition coefficient (Wildman–Crippen LogP) is 2.20. The number of amides is 1. The normalized spacial score (nSPS) is 17.3. The lowest BCUT2D eigenvalue weighted by molar-refractivity contribution is -0.385. The summed E-state index contributed by atoms with van der Waals surface area (Å²) in [6.07, 6.45) is 0.337. The number of methoxy groups -OCH3 is 1. The number of nitro groups is 1. The van der Waals surface area contributed by atoms with Gasteiger partial charge in [0.1, 0.15) is 5.75 Å². The molecule has 1 fully saturated rings. The summed E-state index contributed by atoms with van der Waals surface area (Å²) in [4.78, 5) is 25.0. The van der Waals surface area contributed by atoms with Crippen molar-refractivity contribution >= 4 is 21.4 Å². The van der Waals surface area contributed by atoms with Crippen LogP contribution in [-0.2, 0) is 21.2 Å². The first kappa shape index (κ1) is 21.6. The van der Waals surface area contributed by atoms with Gasteiger partial charge in [0.05, 0.1) is 23.5 Å². The number of sulfone groups is 1. The third-order valence-corrected chi connectivity index (χ3v) is 6.62. The maximum atomic E-state index is 13.0. The number of hydrogen-bond acceptors (Lipinski definition) is 7. The third-order valence-electron chi connectivity index (χ3n) is 4.87. The van der Waals surface area contributed by atoms with Gasteiger partial charge in [0.2, 0.25) is 0 Å². The number of carbonyl (C=O) groups excluding carboxylic acids is 1. The smallest absolute Gasteiger partial charge is 0.310 e. The van der Waals surface area contributed by atoms with Crippen LogP contribution in [0.3, 0.4) is 0 Å². The van der Waals surface area contributed by atoms with E-state index in [0.717, 1.165) is 5.56 Å². The summed E-state index contributed by atoms with van der Waals surface area (Å²) in [7, 11) is -1.68. The van der Waals surface area contributed by atoms with Crippen LogP contribution in [0.5, 0.6) is 11.5 Å². The van der Waals surface area contributed by atoms with Crippen LogP contribution < -0.4 is 9.47 Å². The van der Waals surface area contributed by atoms with Crippen molar-refractivity contribution in [3.8, 4) is 11.5 Å². The van der Waals surface area contributed by atoms with E-state index in [1.807, 2.05) is 6.07 Å². The van der Waals surface area contributed by atoms with E-state index in [-0.39, 0.29) is 29.5 Å². The van der Waals surface area contributed by atoms with Crippen LogP contribution in [-0.4, -0.2) is 55.4 Å². The lowest BCUT2D eigenvalue weighted by atomic mass is 10.1. The van der Waals surface area contributed by atoms with Crippen molar-refractivity contribution in [3.05, 3.63) is 64.2 Å².